The summed E-state index contributed by atoms with van der Waals surface area (Å²) < 4.78 is 30.1. The number of aliphatic carboxylic acids is 1. The van der Waals surface area contributed by atoms with E-state index >= 15 is 0 Å². The Morgan fingerprint density at radius 1 is 1.05 bits per heavy atom. The third-order valence-electron chi connectivity index (χ3n) is 13.9. The molecule has 320 valence electrons. The number of anilines is 3. The molecule has 0 unspecified atom stereocenters. The minimum Gasteiger partial charge on any atom is -0.481 e. The molecule has 2 saturated carbocycles. The van der Waals surface area contributed by atoms with Crippen molar-refractivity contribution in [2.24, 2.45) is 17.9 Å². The number of likely N-dealkylation sites (tertiary alicyclic amines) is 1. The van der Waals surface area contributed by atoms with E-state index in [1.165, 1.54) is 0 Å². The molecule has 13 nitrogen and oxygen atoms in total. The quantitative estimate of drug-likeness (QED) is 0.0961. The number of benzene rings is 2. The molecule has 1 amide bonds. The summed E-state index contributed by atoms with van der Waals surface area (Å²) in [5.41, 5.74) is 6.09. The first kappa shape index (κ1) is 41.3. The molecule has 2 aromatic carbocycles. The zero-order valence-electron chi connectivity index (χ0n) is 34.5. The van der Waals surface area contributed by atoms with Crippen LogP contribution >= 0.6 is 11.6 Å². The van der Waals surface area contributed by atoms with Crippen LogP contribution in [0.2, 0.25) is 5.02 Å². The summed E-state index contributed by atoms with van der Waals surface area (Å²) in [4.78, 5) is 48.1. The first-order valence-corrected chi connectivity index (χ1v) is 21.4. The molecule has 3 aromatic heterocycles. The Bertz CT molecular complexity index is 2540. The van der Waals surface area contributed by atoms with Crippen LogP contribution in [-0.4, -0.2) is 88.2 Å². The first-order valence-electron chi connectivity index (χ1n) is 21.1. The third kappa shape index (κ3) is 7.74. The van der Waals surface area contributed by atoms with Crippen LogP contribution in [0.25, 0.3) is 22.2 Å². The fourth-order valence-corrected chi connectivity index (χ4v) is 10.7. The number of carbonyl (C=O) groups excluding carboxylic acids is 1. The van der Waals surface area contributed by atoms with E-state index in [1.54, 1.807) is 18.3 Å². The number of halogens is 3. The number of amides is 1. The van der Waals surface area contributed by atoms with Crippen LogP contribution in [0.3, 0.4) is 0 Å². The van der Waals surface area contributed by atoms with Gasteiger partial charge in [-0.1, -0.05) is 35.9 Å². The van der Waals surface area contributed by atoms with Crippen LogP contribution in [-0.2, 0) is 31.4 Å². The molecule has 1 saturated heterocycles. The van der Waals surface area contributed by atoms with Crippen molar-refractivity contribution in [1.29, 1.82) is 0 Å². The summed E-state index contributed by atoms with van der Waals surface area (Å²) in [6.45, 7) is 7.32. The van der Waals surface area contributed by atoms with Gasteiger partial charge in [-0.25, -0.2) is 23.7 Å². The van der Waals surface area contributed by atoms with Crippen LogP contribution in [0.4, 0.5) is 26.0 Å². The van der Waals surface area contributed by atoms with Gasteiger partial charge in [0, 0.05) is 68.8 Å². The van der Waals surface area contributed by atoms with Gasteiger partial charge in [0.25, 0.3) is 12.3 Å². The number of pyridine rings is 1. The Balaban J connectivity index is 0.909. The molecule has 4 aliphatic rings. The van der Waals surface area contributed by atoms with Gasteiger partial charge in [0.15, 0.2) is 17.5 Å². The van der Waals surface area contributed by atoms with Crippen molar-refractivity contribution in [3.05, 3.63) is 87.8 Å². The maximum atomic E-state index is 14.1. The maximum absolute atomic E-state index is 14.1. The summed E-state index contributed by atoms with van der Waals surface area (Å²) in [6.07, 6.45) is 5.09. The number of carbonyl (C=O) groups is 2. The van der Waals surface area contributed by atoms with E-state index in [-0.39, 0.29) is 34.5 Å². The van der Waals surface area contributed by atoms with Gasteiger partial charge in [0.05, 0.1) is 33.4 Å². The van der Waals surface area contributed by atoms with Crippen LogP contribution in [0, 0.1) is 17.8 Å². The van der Waals surface area contributed by atoms with Crippen LogP contribution in [0.1, 0.15) is 97.3 Å². The van der Waals surface area contributed by atoms with Crippen molar-refractivity contribution in [1.82, 2.24) is 34.3 Å². The van der Waals surface area contributed by atoms with E-state index in [0.717, 1.165) is 86.1 Å². The largest absolute Gasteiger partial charge is 0.481 e. The zero-order chi connectivity index (χ0) is 42.8. The fraction of sp³-hybridized carbons (Fsp3) is 0.467. The highest BCUT2D eigenvalue weighted by atomic mass is 35.5. The second-order valence-electron chi connectivity index (χ2n) is 17.8. The highest BCUT2D eigenvalue weighted by Gasteiger charge is 2.57. The van der Waals surface area contributed by atoms with Crippen molar-refractivity contribution in [3.63, 3.8) is 0 Å². The Morgan fingerprint density at radius 3 is 2.51 bits per heavy atom. The van der Waals surface area contributed by atoms with Crippen LogP contribution in [0.5, 0.6) is 0 Å². The summed E-state index contributed by atoms with van der Waals surface area (Å²) in [5.74, 6) is -1.21. The van der Waals surface area contributed by atoms with Crippen molar-refractivity contribution in [2.75, 3.05) is 30.3 Å². The molecule has 5 aromatic rings. The Morgan fingerprint density at radius 2 is 1.80 bits per heavy atom. The van der Waals surface area contributed by atoms with E-state index in [9.17, 15) is 28.6 Å². The third-order valence-corrected chi connectivity index (χ3v) is 14.3. The van der Waals surface area contributed by atoms with Gasteiger partial charge in [-0.2, -0.15) is 0 Å². The number of fused-ring (bicyclic) bond motifs is 4. The van der Waals surface area contributed by atoms with E-state index in [1.807, 2.05) is 55.8 Å². The second-order valence-corrected chi connectivity index (χ2v) is 18.1. The van der Waals surface area contributed by atoms with Crippen LogP contribution < -0.4 is 10.6 Å². The lowest BCUT2D eigenvalue weighted by Crippen LogP contribution is -2.34. The van der Waals surface area contributed by atoms with Gasteiger partial charge in [0.2, 0.25) is 0 Å². The normalized spacial score (nSPS) is 23.9. The molecule has 2 aliphatic carbocycles. The summed E-state index contributed by atoms with van der Waals surface area (Å²) in [5, 5.41) is 26.5. The lowest BCUT2D eigenvalue weighted by molar-refractivity contribution is -0.148. The van der Waals surface area contributed by atoms with E-state index in [2.05, 4.69) is 35.4 Å². The summed E-state index contributed by atoms with van der Waals surface area (Å²) >= 11 is 7.05. The topological polar surface area (TPSA) is 162 Å². The molecule has 2 atom stereocenters. The summed E-state index contributed by atoms with van der Waals surface area (Å²) in [6, 6.07) is 12.9. The lowest BCUT2D eigenvalue weighted by atomic mass is 9.80. The predicted octanol–water partition coefficient (Wildman–Crippen LogP) is 8.06. The minimum atomic E-state index is -2.91. The number of aliphatic hydroxyl groups is 1. The number of β-amino-alcohol motifs (C(OH)–C–C–N with tert-alkyl or cyclic N) is 1. The minimum absolute atomic E-state index is 0.117. The van der Waals surface area contributed by atoms with Crippen LogP contribution in [0.15, 0.2) is 48.7 Å². The number of hydrogen-bond donors (Lipinski definition) is 4. The molecule has 2 bridgehead atoms. The van der Waals surface area contributed by atoms with Crippen molar-refractivity contribution >= 4 is 51.7 Å². The van der Waals surface area contributed by atoms with Crippen molar-refractivity contribution in [3.8, 4) is 11.1 Å². The van der Waals surface area contributed by atoms with Crippen molar-refractivity contribution in [2.45, 2.75) is 96.9 Å². The number of aliphatic hydroxyl groups excluding tert-OH is 1. The Hall–Kier alpha value is -5.09. The number of carboxylic acids is 1. The smallest absolute Gasteiger partial charge is 0.309 e. The van der Waals surface area contributed by atoms with Gasteiger partial charge in [0.1, 0.15) is 5.52 Å². The maximum Gasteiger partial charge on any atom is 0.309 e. The first-order chi connectivity index (χ1) is 29.2. The molecule has 4 N–H and O–H groups in total. The molecule has 5 heterocycles. The fourth-order valence-electron chi connectivity index (χ4n) is 10.4. The molecule has 9 rings (SSSR count). The molecule has 2 aliphatic heterocycles. The number of aromatic nitrogens is 5. The second kappa shape index (κ2) is 16.0. The average Bonchev–Trinajstić information content (AvgIpc) is 3.99. The SMILES string of the molecule is Cc1c(Nc2nc(C(F)F)nc3cc(CN4C[C@H](O)C[C@H]4C)cnc23)cccc1-c1cccc(NC(=O)c2nc3c(n2C)CCN(CCC24CCC(C(=O)O)(CC2)C4)C3)c1Cl. The van der Waals surface area contributed by atoms with Gasteiger partial charge >= 0.3 is 5.97 Å². The number of rotatable bonds is 12. The molecule has 0 spiro atoms. The molecule has 16 heteroatoms. The number of carboxylic acid groups (broad SMARTS) is 1. The van der Waals surface area contributed by atoms with E-state index in [0.29, 0.717) is 53.5 Å². The van der Waals surface area contributed by atoms with Gasteiger partial charge in [-0.15, -0.1) is 0 Å². The Kier molecular flexibility index (Phi) is 10.8. The molecular formula is C45H50ClF2N9O4. The lowest BCUT2D eigenvalue weighted by Gasteiger charge is -2.32. The monoisotopic (exact) mass is 853 g/mol. The molecule has 61 heavy (non-hydrogen) atoms. The number of nitrogens with zero attached hydrogens (tertiary/aromatic N) is 7. The highest BCUT2D eigenvalue weighted by molar-refractivity contribution is 6.36. The van der Waals surface area contributed by atoms with Gasteiger partial charge < -0.3 is 25.4 Å². The Labute approximate surface area is 357 Å². The molecule has 3 fully saturated rings. The van der Waals surface area contributed by atoms with E-state index in [4.69, 9.17) is 16.6 Å². The predicted molar refractivity (Wildman–Crippen MR) is 228 cm³/mol. The number of nitrogens with one attached hydrogen (secondary N) is 2. The van der Waals surface area contributed by atoms with Gasteiger partial charge in [-0.3, -0.25) is 24.4 Å². The zero-order valence-corrected chi connectivity index (χ0v) is 35.3. The summed E-state index contributed by atoms with van der Waals surface area (Å²) in [7, 11) is 1.86. The number of alkyl halides is 2. The standard InChI is InChI=1S/C45H50ClF2N9O4/c1-25-18-28(58)22-57(25)21-27-19-33-37(49-20-27)39(54-40(51-33)38(47)48)50-31-8-4-6-29(26(31)2)30-7-5-9-32(36(30)46)53-42(59)41-52-34-23-56(16-10-35(34)55(41)3)17-15-44-11-13-45(24-44,14-12-44)43(60)61/h4-9,19-20,25,28,38,58H,10-18,21-24H2,1-3H3,(H,53,59)(H,60,61)(H,50,51,54)/t25-,28-,44?,45?/m1/s1. The average molecular weight is 854 g/mol. The highest BCUT2D eigenvalue weighted by Crippen LogP contribution is 2.63. The number of hydrogen-bond acceptors (Lipinski definition) is 10. The molecule has 0 radical (unpaired) electrons. The van der Waals surface area contributed by atoms with E-state index < -0.39 is 29.7 Å². The number of imidazole rings is 1. The van der Waals surface area contributed by atoms with Crippen molar-refractivity contribution < 1.29 is 28.6 Å². The molecular weight excluding hydrogens is 804 g/mol. The van der Waals surface area contributed by atoms with Gasteiger partial charge in [-0.05, 0) is 106 Å².